The number of hydrogen-bond acceptors (Lipinski definition) is 3. The van der Waals surface area contributed by atoms with Crippen LogP contribution in [0.25, 0.3) is 0 Å². The molecule has 0 aliphatic rings. The third kappa shape index (κ3) is 7.47. The lowest BCUT2D eigenvalue weighted by Gasteiger charge is -1.90. The minimum atomic E-state index is -0.236. The van der Waals surface area contributed by atoms with Crippen LogP contribution in [-0.4, -0.2) is 31.2 Å². The van der Waals surface area contributed by atoms with Gasteiger partial charge in [-0.15, -0.1) is 0 Å². The molecule has 0 heterocycles. The van der Waals surface area contributed by atoms with E-state index >= 15 is 0 Å². The fraction of sp³-hybridized carbons (Fsp3) is 0.500. The fourth-order valence-electron chi connectivity index (χ4n) is 0.493. The zero-order valence-corrected chi connectivity index (χ0v) is 8.58. The molecule has 0 amide bonds. The average Bonchev–Trinajstić information content (AvgIpc) is 2.10. The highest BCUT2D eigenvalue weighted by atomic mass is 79.9. The molecule has 0 aromatic heterocycles. The van der Waals surface area contributed by atoms with Crippen molar-refractivity contribution < 1.29 is 9.53 Å². The van der Waals surface area contributed by atoms with Crippen molar-refractivity contribution in [2.24, 2.45) is 4.99 Å². The van der Waals surface area contributed by atoms with Crippen LogP contribution in [0.15, 0.2) is 17.1 Å². The number of rotatable bonds is 5. The average molecular weight is 234 g/mol. The Morgan fingerprint density at radius 2 is 2.42 bits per heavy atom. The molecule has 0 fully saturated rings. The quantitative estimate of drug-likeness (QED) is 0.411. The summed E-state index contributed by atoms with van der Waals surface area (Å²) in [7, 11) is 1.37. The van der Waals surface area contributed by atoms with E-state index in [0.717, 1.165) is 11.9 Å². The number of hydrogen-bond donors (Lipinski definition) is 0. The van der Waals surface area contributed by atoms with Gasteiger partial charge in [-0.2, -0.15) is 0 Å². The largest absolute Gasteiger partial charge is 0.469 e. The first-order chi connectivity index (χ1) is 5.81. The van der Waals surface area contributed by atoms with Gasteiger partial charge in [-0.05, 0) is 6.08 Å². The second kappa shape index (κ2) is 8.46. The molecule has 0 saturated carbocycles. The van der Waals surface area contributed by atoms with Gasteiger partial charge in [0.2, 0.25) is 0 Å². The molecule has 0 bridgehead atoms. The van der Waals surface area contributed by atoms with Gasteiger partial charge in [0, 0.05) is 18.1 Å². The van der Waals surface area contributed by atoms with Crippen molar-refractivity contribution in [3.8, 4) is 0 Å². The van der Waals surface area contributed by atoms with Crippen LogP contribution in [0.3, 0.4) is 0 Å². The van der Waals surface area contributed by atoms with Gasteiger partial charge in [-0.1, -0.05) is 22.0 Å². The third-order valence-corrected chi connectivity index (χ3v) is 1.41. The van der Waals surface area contributed by atoms with Crippen molar-refractivity contribution in [2.75, 3.05) is 19.0 Å². The van der Waals surface area contributed by atoms with Crippen molar-refractivity contribution in [2.45, 2.75) is 6.42 Å². The van der Waals surface area contributed by atoms with Gasteiger partial charge < -0.3 is 4.74 Å². The van der Waals surface area contributed by atoms with Crippen molar-refractivity contribution in [3.63, 3.8) is 0 Å². The van der Waals surface area contributed by atoms with Crippen LogP contribution in [0.2, 0.25) is 0 Å². The summed E-state index contributed by atoms with van der Waals surface area (Å²) in [4.78, 5) is 14.6. The number of esters is 1. The van der Waals surface area contributed by atoms with E-state index in [-0.39, 0.29) is 5.97 Å². The Morgan fingerprint density at radius 3 is 3.00 bits per heavy atom. The van der Waals surface area contributed by atoms with Crippen molar-refractivity contribution in [3.05, 3.63) is 12.2 Å². The number of nitrogens with zero attached hydrogens (tertiary/aromatic N) is 1. The summed E-state index contributed by atoms with van der Waals surface area (Å²) in [6.45, 7) is 0.753. The second-order valence-electron chi connectivity index (χ2n) is 1.95. The van der Waals surface area contributed by atoms with Gasteiger partial charge in [-0.25, -0.2) is 0 Å². The summed E-state index contributed by atoms with van der Waals surface area (Å²) in [6.07, 6.45) is 5.42. The van der Waals surface area contributed by atoms with Crippen LogP contribution in [0, 0.1) is 0 Å². The van der Waals surface area contributed by atoms with Gasteiger partial charge in [0.1, 0.15) is 0 Å². The molecule has 0 N–H and O–H groups in total. The monoisotopic (exact) mass is 233 g/mol. The number of alkyl halides is 1. The molecule has 0 aliphatic heterocycles. The second-order valence-corrected chi connectivity index (χ2v) is 2.75. The standard InChI is InChI=1S/C8H12BrNO2/c1-12-8(11)4-2-3-6-10-7-5-9/h2-3,6H,4-5,7H2,1H3/b3-2-,10-6-. The zero-order valence-electron chi connectivity index (χ0n) is 7.00. The molecule has 68 valence electrons. The molecule has 0 atom stereocenters. The van der Waals surface area contributed by atoms with Gasteiger partial charge in [0.25, 0.3) is 0 Å². The SMILES string of the molecule is COC(=O)C/C=C\C=N/CCBr. The maximum Gasteiger partial charge on any atom is 0.309 e. The van der Waals surface area contributed by atoms with E-state index in [1.165, 1.54) is 7.11 Å². The molecule has 0 spiro atoms. The predicted octanol–water partition coefficient (Wildman–Crippen LogP) is 1.57. The first kappa shape index (κ1) is 11.4. The number of ether oxygens (including phenoxy) is 1. The van der Waals surface area contributed by atoms with Crippen molar-refractivity contribution in [1.82, 2.24) is 0 Å². The molecule has 4 heteroatoms. The predicted molar refractivity (Wildman–Crippen MR) is 52.9 cm³/mol. The van der Waals surface area contributed by atoms with Crippen LogP contribution in [0.4, 0.5) is 0 Å². The number of halogens is 1. The molecule has 0 aliphatic carbocycles. The molecular weight excluding hydrogens is 222 g/mol. The van der Waals surface area contributed by atoms with E-state index in [2.05, 4.69) is 25.7 Å². The third-order valence-electron chi connectivity index (χ3n) is 1.05. The van der Waals surface area contributed by atoms with Gasteiger partial charge in [-0.3, -0.25) is 9.79 Å². The lowest BCUT2D eigenvalue weighted by Crippen LogP contribution is -1.96. The van der Waals surface area contributed by atoms with Crippen LogP contribution >= 0.6 is 15.9 Å². The number of carbonyl (C=O) groups excluding carboxylic acids is 1. The van der Waals surface area contributed by atoms with Crippen LogP contribution in [-0.2, 0) is 9.53 Å². The van der Waals surface area contributed by atoms with E-state index in [0.29, 0.717) is 6.42 Å². The molecule has 0 unspecified atom stereocenters. The van der Waals surface area contributed by atoms with E-state index in [1.54, 1.807) is 18.4 Å². The summed E-state index contributed by atoms with van der Waals surface area (Å²) in [5.74, 6) is -0.236. The number of aliphatic imine (C=N–C) groups is 1. The Morgan fingerprint density at radius 1 is 1.67 bits per heavy atom. The Labute approximate surface area is 80.6 Å². The highest BCUT2D eigenvalue weighted by Gasteiger charge is 1.91. The minimum Gasteiger partial charge on any atom is -0.469 e. The normalized spacial score (nSPS) is 11.2. The first-order valence-corrected chi connectivity index (χ1v) is 4.71. The zero-order chi connectivity index (χ0) is 9.23. The summed E-state index contributed by atoms with van der Waals surface area (Å²) in [5, 5.41) is 0.855. The van der Waals surface area contributed by atoms with Crippen molar-refractivity contribution >= 4 is 28.1 Å². The summed E-state index contributed by atoms with van der Waals surface area (Å²) in [5.41, 5.74) is 0. The highest BCUT2D eigenvalue weighted by Crippen LogP contribution is 1.85. The Kier molecular flexibility index (Phi) is 8.01. The van der Waals surface area contributed by atoms with Gasteiger partial charge in [0.05, 0.1) is 13.5 Å². The Bertz CT molecular complexity index is 178. The molecule has 0 aromatic rings. The Hall–Kier alpha value is -0.640. The van der Waals surface area contributed by atoms with Crippen LogP contribution < -0.4 is 0 Å². The van der Waals surface area contributed by atoms with Crippen LogP contribution in [0.1, 0.15) is 6.42 Å². The fourth-order valence-corrected chi connectivity index (χ4v) is 0.697. The van der Waals surface area contributed by atoms with E-state index < -0.39 is 0 Å². The number of allylic oxidation sites excluding steroid dienone is 1. The summed E-state index contributed by atoms with van der Waals surface area (Å²) >= 11 is 3.24. The highest BCUT2D eigenvalue weighted by molar-refractivity contribution is 9.09. The topological polar surface area (TPSA) is 38.7 Å². The summed E-state index contributed by atoms with van der Waals surface area (Å²) < 4.78 is 4.44. The molecule has 12 heavy (non-hydrogen) atoms. The van der Waals surface area contributed by atoms with Gasteiger partial charge >= 0.3 is 5.97 Å². The number of methoxy groups -OCH3 is 1. The molecule has 0 radical (unpaired) electrons. The van der Waals surface area contributed by atoms with E-state index in [4.69, 9.17) is 0 Å². The first-order valence-electron chi connectivity index (χ1n) is 3.59. The molecule has 0 aromatic carbocycles. The Balaban J connectivity index is 3.42. The summed E-state index contributed by atoms with van der Waals surface area (Å²) in [6, 6.07) is 0. The molecule has 0 rings (SSSR count). The molecule has 3 nitrogen and oxygen atoms in total. The van der Waals surface area contributed by atoms with E-state index in [1.807, 2.05) is 0 Å². The number of carbonyl (C=O) groups is 1. The smallest absolute Gasteiger partial charge is 0.309 e. The molecular formula is C8H12BrNO2. The maximum atomic E-state index is 10.6. The maximum absolute atomic E-state index is 10.6. The van der Waals surface area contributed by atoms with Crippen LogP contribution in [0.5, 0.6) is 0 Å². The lowest BCUT2D eigenvalue weighted by molar-refractivity contribution is -0.139. The lowest BCUT2D eigenvalue weighted by atomic mass is 10.4. The van der Waals surface area contributed by atoms with Crippen molar-refractivity contribution in [1.29, 1.82) is 0 Å². The molecule has 0 saturated heterocycles. The van der Waals surface area contributed by atoms with E-state index in [9.17, 15) is 4.79 Å². The minimum absolute atomic E-state index is 0.236. The van der Waals surface area contributed by atoms with Gasteiger partial charge in [0.15, 0.2) is 0 Å².